The zero-order chi connectivity index (χ0) is 16.5. The molecular formula is C13H7BrF3NO3S. The van der Waals surface area contributed by atoms with Crippen LogP contribution >= 0.6 is 15.9 Å². The van der Waals surface area contributed by atoms with E-state index in [2.05, 4.69) is 15.9 Å². The SMILES string of the molecule is O=C(NS(=O)(=O)c1cccc(F)c1F)c1ccc(F)c(Br)c1. The van der Waals surface area contributed by atoms with Gasteiger partial charge in [0.05, 0.1) is 4.47 Å². The summed E-state index contributed by atoms with van der Waals surface area (Å²) in [7, 11) is -4.61. The highest BCUT2D eigenvalue weighted by Crippen LogP contribution is 2.19. The number of halogens is 4. The molecule has 0 spiro atoms. The zero-order valence-corrected chi connectivity index (χ0v) is 13.0. The van der Waals surface area contributed by atoms with Gasteiger partial charge in [-0.3, -0.25) is 4.79 Å². The molecule has 0 aromatic heterocycles. The van der Waals surface area contributed by atoms with E-state index in [4.69, 9.17) is 0 Å². The predicted octanol–water partition coefficient (Wildman–Crippen LogP) is 2.99. The fraction of sp³-hybridized carbons (Fsp3) is 0. The van der Waals surface area contributed by atoms with E-state index in [1.54, 1.807) is 4.72 Å². The van der Waals surface area contributed by atoms with E-state index in [9.17, 15) is 26.4 Å². The molecule has 0 saturated carbocycles. The molecule has 0 saturated heterocycles. The standard InChI is InChI=1S/C13H7BrF3NO3S/c14-8-6-7(4-5-9(8)15)13(19)18-22(20,21)11-3-1-2-10(16)12(11)17/h1-6H,(H,18,19). The molecule has 0 bridgehead atoms. The van der Waals surface area contributed by atoms with Crippen LogP contribution in [-0.4, -0.2) is 14.3 Å². The van der Waals surface area contributed by atoms with Crippen molar-refractivity contribution in [3.8, 4) is 0 Å². The van der Waals surface area contributed by atoms with Crippen LogP contribution < -0.4 is 4.72 Å². The van der Waals surface area contributed by atoms with Gasteiger partial charge in [-0.15, -0.1) is 0 Å². The first-order valence-electron chi connectivity index (χ1n) is 5.68. The highest BCUT2D eigenvalue weighted by molar-refractivity contribution is 9.10. The van der Waals surface area contributed by atoms with Crippen LogP contribution in [0.5, 0.6) is 0 Å². The maximum atomic E-state index is 13.5. The zero-order valence-electron chi connectivity index (χ0n) is 10.6. The number of hydrogen-bond acceptors (Lipinski definition) is 3. The summed E-state index contributed by atoms with van der Waals surface area (Å²) in [5, 5.41) is 0. The molecule has 0 fully saturated rings. The van der Waals surface area contributed by atoms with Crippen LogP contribution in [0.4, 0.5) is 13.2 Å². The van der Waals surface area contributed by atoms with Gasteiger partial charge >= 0.3 is 0 Å². The third kappa shape index (κ3) is 3.30. The van der Waals surface area contributed by atoms with Crippen LogP contribution in [-0.2, 0) is 10.0 Å². The van der Waals surface area contributed by atoms with Gasteiger partial charge in [0.15, 0.2) is 11.6 Å². The number of rotatable bonds is 3. The molecule has 0 heterocycles. The van der Waals surface area contributed by atoms with Gasteiger partial charge in [0.1, 0.15) is 10.7 Å². The third-order valence-corrected chi connectivity index (χ3v) is 4.57. The second-order valence-electron chi connectivity index (χ2n) is 4.12. The Hall–Kier alpha value is -1.87. The van der Waals surface area contributed by atoms with Crippen molar-refractivity contribution in [2.45, 2.75) is 4.90 Å². The molecule has 0 radical (unpaired) electrons. The van der Waals surface area contributed by atoms with Crippen molar-refractivity contribution < 1.29 is 26.4 Å². The second kappa shape index (κ2) is 6.09. The van der Waals surface area contributed by atoms with Crippen molar-refractivity contribution in [3.63, 3.8) is 0 Å². The van der Waals surface area contributed by atoms with E-state index in [-0.39, 0.29) is 10.0 Å². The number of amides is 1. The molecule has 0 unspecified atom stereocenters. The lowest BCUT2D eigenvalue weighted by Crippen LogP contribution is -2.31. The molecule has 22 heavy (non-hydrogen) atoms. The Kier molecular flexibility index (Phi) is 4.57. The number of benzene rings is 2. The summed E-state index contributed by atoms with van der Waals surface area (Å²) >= 11 is 2.85. The summed E-state index contributed by atoms with van der Waals surface area (Å²) in [6.07, 6.45) is 0. The summed E-state index contributed by atoms with van der Waals surface area (Å²) in [6.45, 7) is 0. The molecule has 116 valence electrons. The Labute approximate surface area is 132 Å². The van der Waals surface area contributed by atoms with Crippen LogP contribution in [0.2, 0.25) is 0 Å². The highest BCUT2D eigenvalue weighted by atomic mass is 79.9. The number of hydrogen-bond donors (Lipinski definition) is 1. The van der Waals surface area contributed by atoms with E-state index < -0.39 is 38.3 Å². The van der Waals surface area contributed by atoms with Gasteiger partial charge in [-0.1, -0.05) is 6.07 Å². The number of carbonyl (C=O) groups is 1. The fourth-order valence-electron chi connectivity index (χ4n) is 1.56. The van der Waals surface area contributed by atoms with Gasteiger partial charge in [0, 0.05) is 5.56 Å². The smallest absolute Gasteiger partial charge is 0.267 e. The number of carbonyl (C=O) groups excluding carboxylic acids is 1. The van der Waals surface area contributed by atoms with Gasteiger partial charge in [-0.2, -0.15) is 0 Å². The minimum Gasteiger partial charge on any atom is -0.268 e. The summed E-state index contributed by atoms with van der Waals surface area (Å²) in [6, 6.07) is 5.61. The van der Waals surface area contributed by atoms with Crippen molar-refractivity contribution >= 4 is 31.9 Å². The first-order chi connectivity index (χ1) is 10.2. The quantitative estimate of drug-likeness (QED) is 0.871. The van der Waals surface area contributed by atoms with Crippen LogP contribution in [0.15, 0.2) is 45.8 Å². The normalized spacial score (nSPS) is 11.3. The van der Waals surface area contributed by atoms with Crippen molar-refractivity contribution in [2.24, 2.45) is 0 Å². The first-order valence-corrected chi connectivity index (χ1v) is 7.96. The maximum Gasteiger partial charge on any atom is 0.267 e. The van der Waals surface area contributed by atoms with E-state index in [0.29, 0.717) is 0 Å². The fourth-order valence-corrected chi connectivity index (χ4v) is 3.01. The average Bonchev–Trinajstić information content (AvgIpc) is 2.44. The molecule has 0 aliphatic heterocycles. The summed E-state index contributed by atoms with van der Waals surface area (Å²) in [5.41, 5.74) is -0.173. The molecule has 9 heteroatoms. The van der Waals surface area contributed by atoms with E-state index >= 15 is 0 Å². The van der Waals surface area contributed by atoms with Crippen LogP contribution in [0.25, 0.3) is 0 Å². The van der Waals surface area contributed by atoms with Gasteiger partial charge < -0.3 is 0 Å². The Morgan fingerprint density at radius 3 is 2.36 bits per heavy atom. The number of sulfonamides is 1. The lowest BCUT2D eigenvalue weighted by molar-refractivity contribution is 0.0981. The molecular weight excluding hydrogens is 387 g/mol. The van der Waals surface area contributed by atoms with Crippen molar-refractivity contribution in [2.75, 3.05) is 0 Å². The molecule has 4 nitrogen and oxygen atoms in total. The van der Waals surface area contributed by atoms with Crippen LogP contribution in [0.1, 0.15) is 10.4 Å². The van der Waals surface area contributed by atoms with Crippen molar-refractivity contribution in [1.82, 2.24) is 4.72 Å². The van der Waals surface area contributed by atoms with Crippen molar-refractivity contribution in [3.05, 3.63) is 63.9 Å². The Morgan fingerprint density at radius 2 is 1.73 bits per heavy atom. The minimum atomic E-state index is -4.61. The highest BCUT2D eigenvalue weighted by Gasteiger charge is 2.24. The summed E-state index contributed by atoms with van der Waals surface area (Å²) in [5.74, 6) is -4.71. The lowest BCUT2D eigenvalue weighted by Gasteiger charge is -2.08. The van der Waals surface area contributed by atoms with Gasteiger partial charge in [0.25, 0.3) is 15.9 Å². The summed E-state index contributed by atoms with van der Waals surface area (Å²) < 4.78 is 65.0. The van der Waals surface area contributed by atoms with Crippen LogP contribution in [0, 0.1) is 17.5 Å². The van der Waals surface area contributed by atoms with Gasteiger partial charge in [-0.05, 0) is 46.3 Å². The molecule has 1 amide bonds. The maximum absolute atomic E-state index is 13.5. The molecule has 1 N–H and O–H groups in total. The molecule has 0 aliphatic rings. The molecule has 2 aromatic rings. The van der Waals surface area contributed by atoms with E-state index in [1.807, 2.05) is 0 Å². The lowest BCUT2D eigenvalue weighted by atomic mass is 10.2. The Bertz CT molecular complexity index is 856. The predicted molar refractivity (Wildman–Crippen MR) is 75.1 cm³/mol. The average molecular weight is 394 g/mol. The number of nitrogens with one attached hydrogen (secondary N) is 1. The topological polar surface area (TPSA) is 63.2 Å². The first kappa shape index (κ1) is 16.5. The molecule has 2 aromatic carbocycles. The molecule has 0 atom stereocenters. The Morgan fingerprint density at radius 1 is 1.05 bits per heavy atom. The monoisotopic (exact) mass is 393 g/mol. The third-order valence-electron chi connectivity index (χ3n) is 2.61. The van der Waals surface area contributed by atoms with Gasteiger partial charge in [-0.25, -0.2) is 26.3 Å². The minimum absolute atomic E-state index is 0.0468. The molecule has 2 rings (SSSR count). The van der Waals surface area contributed by atoms with E-state index in [0.717, 1.165) is 36.4 Å². The van der Waals surface area contributed by atoms with Gasteiger partial charge in [0.2, 0.25) is 0 Å². The Balaban J connectivity index is 2.34. The second-order valence-corrected chi connectivity index (χ2v) is 6.62. The van der Waals surface area contributed by atoms with E-state index in [1.165, 1.54) is 0 Å². The summed E-state index contributed by atoms with van der Waals surface area (Å²) in [4.78, 5) is 10.8. The van der Waals surface area contributed by atoms with Crippen molar-refractivity contribution in [1.29, 1.82) is 0 Å². The van der Waals surface area contributed by atoms with Crippen LogP contribution in [0.3, 0.4) is 0 Å². The largest absolute Gasteiger partial charge is 0.268 e. The molecule has 0 aliphatic carbocycles.